The molecule has 2 aromatic carbocycles. The molecule has 0 atom stereocenters. The lowest BCUT2D eigenvalue weighted by molar-refractivity contribution is 0.247. The van der Waals surface area contributed by atoms with Gasteiger partial charge in [-0.15, -0.1) is 11.3 Å². The number of benzene rings is 2. The Balaban J connectivity index is 1.30. The van der Waals surface area contributed by atoms with Gasteiger partial charge in [0.15, 0.2) is 5.13 Å². The molecule has 1 aromatic heterocycles. The predicted molar refractivity (Wildman–Crippen MR) is 112 cm³/mol. The minimum absolute atomic E-state index is 0.316. The summed E-state index contributed by atoms with van der Waals surface area (Å²) in [6.07, 6.45) is 0. The third kappa shape index (κ3) is 4.59. The topological polar surface area (TPSA) is 51.6 Å². The van der Waals surface area contributed by atoms with Crippen LogP contribution in [0.1, 0.15) is 11.3 Å². The highest BCUT2D eigenvalue weighted by Crippen LogP contribution is 2.23. The number of phenolic OH excluding ortho intramolecular Hbond substituents is 1. The van der Waals surface area contributed by atoms with Gasteiger partial charge in [0.1, 0.15) is 5.75 Å². The van der Waals surface area contributed by atoms with Crippen molar-refractivity contribution in [1.29, 1.82) is 0 Å². The van der Waals surface area contributed by atoms with E-state index < -0.39 is 0 Å². The minimum Gasteiger partial charge on any atom is -0.508 e. The number of rotatable bonds is 5. The van der Waals surface area contributed by atoms with Gasteiger partial charge >= 0.3 is 0 Å². The Morgan fingerprint density at radius 1 is 1.00 bits per heavy atom. The van der Waals surface area contributed by atoms with Gasteiger partial charge in [0.2, 0.25) is 0 Å². The molecule has 140 valence electrons. The average Bonchev–Trinajstić information content (AvgIpc) is 3.12. The Kier molecular flexibility index (Phi) is 5.27. The van der Waals surface area contributed by atoms with E-state index in [1.165, 1.54) is 11.3 Å². The van der Waals surface area contributed by atoms with E-state index in [1.807, 2.05) is 12.1 Å². The number of hydrogen-bond donors (Lipinski definition) is 2. The highest BCUT2D eigenvalue weighted by Gasteiger charge is 2.18. The number of nitrogens with zero attached hydrogens (tertiary/aromatic N) is 3. The molecule has 4 rings (SSSR count). The molecule has 1 aliphatic rings. The van der Waals surface area contributed by atoms with Gasteiger partial charge in [0, 0.05) is 49.5 Å². The van der Waals surface area contributed by atoms with Crippen LogP contribution in [0.5, 0.6) is 5.75 Å². The van der Waals surface area contributed by atoms with Crippen molar-refractivity contribution in [2.24, 2.45) is 0 Å². The number of aromatic nitrogens is 1. The number of nitrogens with one attached hydrogen (secondary N) is 1. The number of phenols is 1. The lowest BCUT2D eigenvalue weighted by Crippen LogP contribution is -2.46. The lowest BCUT2D eigenvalue weighted by Gasteiger charge is -2.35. The van der Waals surface area contributed by atoms with Crippen molar-refractivity contribution in [3.8, 4) is 5.75 Å². The maximum atomic E-state index is 9.43. The van der Waals surface area contributed by atoms with Crippen molar-refractivity contribution in [3.05, 3.63) is 65.2 Å². The highest BCUT2D eigenvalue weighted by atomic mass is 32.1. The Morgan fingerprint density at radius 2 is 1.70 bits per heavy atom. The average molecular weight is 381 g/mol. The van der Waals surface area contributed by atoms with Crippen LogP contribution in [0.3, 0.4) is 0 Å². The largest absolute Gasteiger partial charge is 0.508 e. The van der Waals surface area contributed by atoms with E-state index in [0.717, 1.165) is 49.2 Å². The van der Waals surface area contributed by atoms with Crippen molar-refractivity contribution in [2.75, 3.05) is 36.4 Å². The van der Waals surface area contributed by atoms with Gasteiger partial charge in [0.05, 0.1) is 5.69 Å². The van der Waals surface area contributed by atoms with E-state index in [1.54, 1.807) is 23.5 Å². The summed E-state index contributed by atoms with van der Waals surface area (Å²) < 4.78 is 0. The SMILES string of the molecule is Cc1ccc(Nc2nc(CN3CCN(c4ccc(O)cc4)CC3)cs2)cc1. The fourth-order valence-electron chi connectivity index (χ4n) is 3.25. The molecule has 5 nitrogen and oxygen atoms in total. The van der Waals surface area contributed by atoms with E-state index >= 15 is 0 Å². The monoisotopic (exact) mass is 380 g/mol. The molecule has 6 heteroatoms. The van der Waals surface area contributed by atoms with Gasteiger partial charge in [-0.25, -0.2) is 4.98 Å². The number of aromatic hydroxyl groups is 1. The minimum atomic E-state index is 0.316. The molecular formula is C21H24N4OS. The van der Waals surface area contributed by atoms with Gasteiger partial charge in [-0.1, -0.05) is 17.7 Å². The molecule has 0 unspecified atom stereocenters. The summed E-state index contributed by atoms with van der Waals surface area (Å²) in [5.74, 6) is 0.316. The van der Waals surface area contributed by atoms with Gasteiger partial charge < -0.3 is 15.3 Å². The van der Waals surface area contributed by atoms with Crippen LogP contribution in [0.15, 0.2) is 53.9 Å². The molecule has 2 N–H and O–H groups in total. The number of anilines is 3. The molecule has 0 bridgehead atoms. The summed E-state index contributed by atoms with van der Waals surface area (Å²) >= 11 is 1.65. The maximum absolute atomic E-state index is 9.43. The summed E-state index contributed by atoms with van der Waals surface area (Å²) in [6, 6.07) is 15.8. The van der Waals surface area contributed by atoms with Crippen molar-refractivity contribution in [3.63, 3.8) is 0 Å². The maximum Gasteiger partial charge on any atom is 0.187 e. The summed E-state index contributed by atoms with van der Waals surface area (Å²) in [7, 11) is 0. The van der Waals surface area contributed by atoms with Crippen LogP contribution < -0.4 is 10.2 Å². The van der Waals surface area contributed by atoms with Crippen LogP contribution in [0, 0.1) is 6.92 Å². The first-order valence-corrected chi connectivity index (χ1v) is 10.1. The fraction of sp³-hybridized carbons (Fsp3) is 0.286. The smallest absolute Gasteiger partial charge is 0.187 e. The van der Waals surface area contributed by atoms with Gasteiger partial charge in [-0.2, -0.15) is 0 Å². The first kappa shape index (κ1) is 17.8. The molecule has 0 amide bonds. The van der Waals surface area contributed by atoms with Crippen LogP contribution in [0.25, 0.3) is 0 Å². The van der Waals surface area contributed by atoms with Crippen LogP contribution in [-0.2, 0) is 6.54 Å². The van der Waals surface area contributed by atoms with E-state index in [2.05, 4.69) is 51.7 Å². The third-order valence-electron chi connectivity index (χ3n) is 4.83. The first-order chi connectivity index (χ1) is 13.2. The number of aryl methyl sites for hydroxylation is 1. The zero-order chi connectivity index (χ0) is 18.6. The van der Waals surface area contributed by atoms with Crippen molar-refractivity contribution in [2.45, 2.75) is 13.5 Å². The van der Waals surface area contributed by atoms with E-state index in [0.29, 0.717) is 5.75 Å². The van der Waals surface area contributed by atoms with Gasteiger partial charge in [-0.3, -0.25) is 4.90 Å². The molecule has 0 spiro atoms. The number of piperazine rings is 1. The first-order valence-electron chi connectivity index (χ1n) is 9.20. The normalized spacial score (nSPS) is 15.1. The molecule has 1 saturated heterocycles. The molecule has 2 heterocycles. The molecule has 27 heavy (non-hydrogen) atoms. The number of thiazole rings is 1. The van der Waals surface area contributed by atoms with Crippen molar-refractivity contribution < 1.29 is 5.11 Å². The van der Waals surface area contributed by atoms with E-state index in [-0.39, 0.29) is 0 Å². The second kappa shape index (κ2) is 7.98. The zero-order valence-electron chi connectivity index (χ0n) is 15.4. The van der Waals surface area contributed by atoms with Gasteiger partial charge in [-0.05, 0) is 43.3 Å². The van der Waals surface area contributed by atoms with Crippen LogP contribution in [0.2, 0.25) is 0 Å². The molecular weight excluding hydrogens is 356 g/mol. The Bertz CT molecular complexity index is 868. The highest BCUT2D eigenvalue weighted by molar-refractivity contribution is 7.13. The van der Waals surface area contributed by atoms with Crippen LogP contribution in [0.4, 0.5) is 16.5 Å². The Labute approximate surface area is 163 Å². The summed E-state index contributed by atoms with van der Waals surface area (Å²) in [5, 5.41) is 15.9. The lowest BCUT2D eigenvalue weighted by atomic mass is 10.2. The zero-order valence-corrected chi connectivity index (χ0v) is 16.2. The quantitative estimate of drug-likeness (QED) is 0.694. The fourth-order valence-corrected chi connectivity index (χ4v) is 3.98. The van der Waals surface area contributed by atoms with Crippen molar-refractivity contribution >= 4 is 27.8 Å². The Hall–Kier alpha value is -2.57. The summed E-state index contributed by atoms with van der Waals surface area (Å²) in [4.78, 5) is 9.54. The molecule has 0 radical (unpaired) electrons. The second-order valence-electron chi connectivity index (χ2n) is 6.91. The number of hydrogen-bond acceptors (Lipinski definition) is 6. The van der Waals surface area contributed by atoms with Gasteiger partial charge in [0.25, 0.3) is 0 Å². The summed E-state index contributed by atoms with van der Waals surface area (Å²) in [5.41, 5.74) is 4.62. The molecule has 3 aromatic rings. The Morgan fingerprint density at radius 3 is 2.41 bits per heavy atom. The summed E-state index contributed by atoms with van der Waals surface area (Å²) in [6.45, 7) is 6.98. The van der Waals surface area contributed by atoms with E-state index in [4.69, 9.17) is 4.98 Å². The standard InChI is InChI=1S/C21H24N4OS/c1-16-2-4-17(5-3-16)22-21-23-18(15-27-21)14-24-10-12-25(13-11-24)19-6-8-20(26)9-7-19/h2-9,15,26H,10-14H2,1H3,(H,22,23). The van der Waals surface area contributed by atoms with E-state index in [9.17, 15) is 5.11 Å². The molecule has 0 aliphatic carbocycles. The van der Waals surface area contributed by atoms with Crippen molar-refractivity contribution in [1.82, 2.24) is 9.88 Å². The molecule has 1 aliphatic heterocycles. The molecule has 0 saturated carbocycles. The second-order valence-corrected chi connectivity index (χ2v) is 7.77. The van der Waals surface area contributed by atoms with Crippen LogP contribution >= 0.6 is 11.3 Å². The third-order valence-corrected chi connectivity index (χ3v) is 5.63. The molecule has 1 fully saturated rings. The van der Waals surface area contributed by atoms with Crippen LogP contribution in [-0.4, -0.2) is 41.2 Å². The predicted octanol–water partition coefficient (Wildman–Crippen LogP) is 4.22.